The number of hydrogen-bond donors (Lipinski definition) is 2. The van der Waals surface area contributed by atoms with E-state index in [1.54, 1.807) is 6.92 Å². The number of phenols is 2. The summed E-state index contributed by atoms with van der Waals surface area (Å²) in [4.78, 5) is 24.9. The first-order chi connectivity index (χ1) is 12.4. The maximum Gasteiger partial charge on any atom is 0.342 e. The lowest BCUT2D eigenvalue weighted by Gasteiger charge is -2.21. The lowest BCUT2D eigenvalue weighted by molar-refractivity contribution is -0.121. The molecule has 2 rings (SSSR count). The third-order valence-corrected chi connectivity index (χ3v) is 4.53. The molecule has 0 fully saturated rings. The number of carbonyl (C=O) groups excluding carboxylic acids is 2. The Labute approximate surface area is 154 Å². The number of ether oxygens (including phenoxy) is 2. The van der Waals surface area contributed by atoms with Gasteiger partial charge in [0.25, 0.3) is 0 Å². The summed E-state index contributed by atoms with van der Waals surface area (Å²) in [6.07, 6.45) is 3.87. The van der Waals surface area contributed by atoms with E-state index in [-0.39, 0.29) is 53.5 Å². The fraction of sp³-hybridized carbons (Fsp3) is 0.600. The van der Waals surface area contributed by atoms with E-state index in [1.807, 2.05) is 0 Å². The zero-order valence-electron chi connectivity index (χ0n) is 15.5. The highest BCUT2D eigenvalue weighted by atomic mass is 16.5. The number of unbranched alkanes of at least 4 members (excludes halogenated alkanes) is 1. The molecule has 26 heavy (non-hydrogen) atoms. The molecule has 0 amide bonds. The molecule has 1 heterocycles. The van der Waals surface area contributed by atoms with Crippen molar-refractivity contribution in [1.82, 2.24) is 0 Å². The van der Waals surface area contributed by atoms with Gasteiger partial charge in [-0.05, 0) is 44.2 Å². The first kappa shape index (κ1) is 20.2. The van der Waals surface area contributed by atoms with Gasteiger partial charge in [0.05, 0.1) is 12.2 Å². The van der Waals surface area contributed by atoms with Gasteiger partial charge in [0.1, 0.15) is 22.8 Å². The van der Waals surface area contributed by atoms with Gasteiger partial charge in [-0.2, -0.15) is 0 Å². The molecule has 6 heteroatoms. The quantitative estimate of drug-likeness (QED) is 0.627. The Morgan fingerprint density at radius 1 is 1.23 bits per heavy atom. The fourth-order valence-electron chi connectivity index (χ4n) is 3.15. The third-order valence-electron chi connectivity index (χ3n) is 4.53. The van der Waals surface area contributed by atoms with Crippen molar-refractivity contribution in [2.75, 3.05) is 6.61 Å². The summed E-state index contributed by atoms with van der Waals surface area (Å²) >= 11 is 0. The number of hydrogen-bond acceptors (Lipinski definition) is 6. The Hall–Kier alpha value is -2.08. The van der Waals surface area contributed by atoms with Crippen molar-refractivity contribution in [2.45, 2.75) is 71.0 Å². The number of carbonyl (C=O) groups is 2. The molecule has 0 spiro atoms. The van der Waals surface area contributed by atoms with E-state index in [4.69, 9.17) is 9.47 Å². The van der Waals surface area contributed by atoms with Gasteiger partial charge in [0, 0.05) is 25.5 Å². The number of fused-ring (bicyclic) bond motifs is 1. The highest BCUT2D eigenvalue weighted by Gasteiger charge is 2.25. The van der Waals surface area contributed by atoms with Crippen LogP contribution in [0.3, 0.4) is 0 Å². The highest BCUT2D eigenvalue weighted by Crippen LogP contribution is 2.30. The summed E-state index contributed by atoms with van der Waals surface area (Å²) in [7, 11) is 0. The summed E-state index contributed by atoms with van der Waals surface area (Å²) in [6.45, 7) is 4.51. The van der Waals surface area contributed by atoms with Gasteiger partial charge >= 0.3 is 5.97 Å². The maximum atomic E-state index is 12.5. The molecule has 0 saturated heterocycles. The number of benzene rings is 1. The summed E-state index contributed by atoms with van der Waals surface area (Å²) in [6, 6.07) is 2.41. The summed E-state index contributed by atoms with van der Waals surface area (Å²) in [5, 5.41) is 19.8. The van der Waals surface area contributed by atoms with Crippen molar-refractivity contribution in [1.29, 1.82) is 0 Å². The van der Waals surface area contributed by atoms with Crippen LogP contribution in [0.5, 0.6) is 11.5 Å². The second-order valence-electron chi connectivity index (χ2n) is 6.91. The van der Waals surface area contributed by atoms with Crippen LogP contribution in [-0.4, -0.2) is 40.8 Å². The van der Waals surface area contributed by atoms with Gasteiger partial charge in [-0.15, -0.1) is 0 Å². The molecule has 0 aromatic heterocycles. The van der Waals surface area contributed by atoms with E-state index >= 15 is 0 Å². The molecule has 0 radical (unpaired) electrons. The minimum absolute atomic E-state index is 0.0491. The third kappa shape index (κ3) is 5.73. The van der Waals surface area contributed by atoms with E-state index in [9.17, 15) is 19.8 Å². The van der Waals surface area contributed by atoms with Crippen molar-refractivity contribution in [2.24, 2.45) is 0 Å². The van der Waals surface area contributed by atoms with Crippen LogP contribution in [0, 0.1) is 0 Å². The minimum Gasteiger partial charge on any atom is -0.508 e. The lowest BCUT2D eigenvalue weighted by atomic mass is 9.96. The van der Waals surface area contributed by atoms with E-state index in [0.717, 1.165) is 31.7 Å². The van der Waals surface area contributed by atoms with Gasteiger partial charge in [-0.3, -0.25) is 4.79 Å². The van der Waals surface area contributed by atoms with Crippen LogP contribution in [0.15, 0.2) is 12.1 Å². The molecule has 1 aromatic carbocycles. The Bertz CT molecular complexity index is 639. The summed E-state index contributed by atoms with van der Waals surface area (Å²) < 4.78 is 11.3. The zero-order valence-corrected chi connectivity index (χ0v) is 15.5. The molecule has 144 valence electrons. The SMILES string of the molecule is CCCCO[C@@H]1CCC[C@H](C)OC(=O)c2c(O)cc(O)cc2CC(=O)C1. The largest absolute Gasteiger partial charge is 0.508 e. The summed E-state index contributed by atoms with van der Waals surface area (Å²) in [5.41, 5.74) is 0.226. The average molecular weight is 364 g/mol. The zero-order chi connectivity index (χ0) is 19.1. The number of phenolic OH excluding ortho intramolecular Hbond substituents is 2. The summed E-state index contributed by atoms with van der Waals surface area (Å²) in [5.74, 6) is -1.34. The Kier molecular flexibility index (Phi) is 7.45. The molecule has 0 unspecified atom stereocenters. The topological polar surface area (TPSA) is 93.1 Å². The molecule has 1 aliphatic rings. The van der Waals surface area contributed by atoms with Crippen molar-refractivity contribution in [3.63, 3.8) is 0 Å². The molecule has 6 nitrogen and oxygen atoms in total. The predicted molar refractivity (Wildman–Crippen MR) is 96.5 cm³/mol. The molecule has 0 saturated carbocycles. The van der Waals surface area contributed by atoms with Crippen LogP contribution in [-0.2, 0) is 20.7 Å². The Morgan fingerprint density at radius 3 is 2.73 bits per heavy atom. The van der Waals surface area contributed by atoms with Gasteiger partial charge in [-0.25, -0.2) is 4.79 Å². The Morgan fingerprint density at radius 2 is 2.00 bits per heavy atom. The minimum atomic E-state index is -0.672. The second kappa shape index (κ2) is 9.57. The standard InChI is InChI=1S/C20H28O6/c1-3-4-8-25-17-7-5-6-13(2)26-20(24)19-14(9-15(21)11-17)10-16(22)12-18(19)23/h10,12-13,17,22-23H,3-9,11H2,1-2H3/t13-,17+/m0/s1. The first-order valence-electron chi connectivity index (χ1n) is 9.29. The second-order valence-corrected chi connectivity index (χ2v) is 6.91. The molecule has 0 bridgehead atoms. The number of rotatable bonds is 4. The van der Waals surface area contributed by atoms with Crippen molar-refractivity contribution >= 4 is 11.8 Å². The molecule has 2 atom stereocenters. The lowest BCUT2D eigenvalue weighted by Crippen LogP contribution is -2.23. The van der Waals surface area contributed by atoms with Gasteiger partial charge in [0.15, 0.2) is 0 Å². The number of ketones is 1. The van der Waals surface area contributed by atoms with Crippen LogP contribution < -0.4 is 0 Å². The van der Waals surface area contributed by atoms with Crippen LogP contribution in [0.25, 0.3) is 0 Å². The van der Waals surface area contributed by atoms with Gasteiger partial charge < -0.3 is 19.7 Å². The molecule has 2 N–H and O–H groups in total. The number of aromatic hydroxyl groups is 2. The molecule has 1 aromatic rings. The van der Waals surface area contributed by atoms with Crippen LogP contribution >= 0.6 is 0 Å². The predicted octanol–water partition coefficient (Wildman–Crippen LogP) is 3.51. The normalized spacial score (nSPS) is 22.1. The first-order valence-corrected chi connectivity index (χ1v) is 9.29. The molecular formula is C20H28O6. The van der Waals surface area contributed by atoms with Crippen LogP contribution in [0.4, 0.5) is 0 Å². The van der Waals surface area contributed by atoms with Crippen LogP contribution in [0.2, 0.25) is 0 Å². The number of esters is 1. The van der Waals surface area contributed by atoms with Gasteiger partial charge in [0.2, 0.25) is 0 Å². The number of Topliss-reactive ketones (excluding diaryl/α,β-unsaturated/α-hetero) is 1. The average Bonchev–Trinajstić information content (AvgIpc) is 2.52. The smallest absolute Gasteiger partial charge is 0.342 e. The van der Waals surface area contributed by atoms with E-state index in [2.05, 4.69) is 6.92 Å². The van der Waals surface area contributed by atoms with Crippen LogP contribution in [0.1, 0.15) is 68.3 Å². The van der Waals surface area contributed by atoms with Gasteiger partial charge in [-0.1, -0.05) is 13.3 Å². The fourth-order valence-corrected chi connectivity index (χ4v) is 3.15. The highest BCUT2D eigenvalue weighted by molar-refractivity contribution is 5.96. The molecule has 0 aliphatic carbocycles. The van der Waals surface area contributed by atoms with E-state index in [0.29, 0.717) is 13.0 Å². The number of cyclic esters (lactones) is 1. The Balaban J connectivity index is 2.25. The van der Waals surface area contributed by atoms with E-state index < -0.39 is 5.97 Å². The molecular weight excluding hydrogens is 336 g/mol. The molecule has 1 aliphatic heterocycles. The van der Waals surface area contributed by atoms with E-state index in [1.165, 1.54) is 6.07 Å². The monoisotopic (exact) mass is 364 g/mol. The maximum absolute atomic E-state index is 12.5. The van der Waals surface area contributed by atoms with Crippen molar-refractivity contribution < 1.29 is 29.3 Å². The van der Waals surface area contributed by atoms with Crippen molar-refractivity contribution in [3.8, 4) is 11.5 Å². The van der Waals surface area contributed by atoms with Crippen molar-refractivity contribution in [3.05, 3.63) is 23.3 Å².